The van der Waals surface area contributed by atoms with E-state index >= 15 is 0 Å². The third kappa shape index (κ3) is 2.59. The number of allylic oxidation sites excluding steroid dienone is 1. The highest BCUT2D eigenvalue weighted by atomic mass is 16.5. The van der Waals surface area contributed by atoms with Crippen molar-refractivity contribution in [1.29, 1.82) is 0 Å². The lowest BCUT2D eigenvalue weighted by atomic mass is 10.1. The molecule has 2 aromatic carbocycles. The predicted molar refractivity (Wildman–Crippen MR) is 84.0 cm³/mol. The summed E-state index contributed by atoms with van der Waals surface area (Å²) in [6.07, 6.45) is 7.34. The summed E-state index contributed by atoms with van der Waals surface area (Å²) in [6, 6.07) is 16.5. The second-order valence-corrected chi connectivity index (χ2v) is 4.74. The molecule has 0 atom stereocenters. The van der Waals surface area contributed by atoms with E-state index in [4.69, 9.17) is 4.74 Å². The molecule has 1 heterocycles. The van der Waals surface area contributed by atoms with Crippen molar-refractivity contribution in [3.05, 3.63) is 71.9 Å². The van der Waals surface area contributed by atoms with Crippen molar-refractivity contribution < 1.29 is 4.74 Å². The minimum absolute atomic E-state index is 0.880. The molecule has 3 rings (SSSR count). The van der Waals surface area contributed by atoms with Crippen molar-refractivity contribution in [2.24, 2.45) is 0 Å². The van der Waals surface area contributed by atoms with Crippen LogP contribution in [0.1, 0.15) is 11.1 Å². The maximum absolute atomic E-state index is 5.24. The largest absolute Gasteiger partial charge is 0.497 e. The van der Waals surface area contributed by atoms with Crippen molar-refractivity contribution in [2.75, 3.05) is 7.11 Å². The summed E-state index contributed by atoms with van der Waals surface area (Å²) in [7, 11) is 1.69. The average molecular weight is 263 g/mol. The first kappa shape index (κ1) is 12.5. The van der Waals surface area contributed by atoms with Crippen molar-refractivity contribution in [2.45, 2.75) is 6.42 Å². The molecule has 1 N–H and O–H groups in total. The minimum atomic E-state index is 0.880. The molecule has 0 fully saturated rings. The van der Waals surface area contributed by atoms with Crippen LogP contribution in [0.2, 0.25) is 0 Å². The van der Waals surface area contributed by atoms with Crippen LogP contribution in [0.3, 0.4) is 0 Å². The SMILES string of the molecule is COc1ccc2c(C/C=C/c3ccccc3)c[nH]c2c1. The minimum Gasteiger partial charge on any atom is -0.497 e. The number of aromatic amines is 1. The third-order valence-electron chi connectivity index (χ3n) is 3.42. The van der Waals surface area contributed by atoms with Crippen LogP contribution in [0.4, 0.5) is 0 Å². The Morgan fingerprint density at radius 2 is 1.95 bits per heavy atom. The Labute approximate surface area is 118 Å². The number of methoxy groups -OCH3 is 1. The molecule has 0 aliphatic heterocycles. The number of ether oxygens (including phenoxy) is 1. The summed E-state index contributed by atoms with van der Waals surface area (Å²) < 4.78 is 5.24. The number of H-pyrrole nitrogens is 1. The molecule has 2 heteroatoms. The zero-order valence-electron chi connectivity index (χ0n) is 11.5. The molecule has 0 amide bonds. The Balaban J connectivity index is 1.80. The van der Waals surface area contributed by atoms with Crippen molar-refractivity contribution >= 4 is 17.0 Å². The van der Waals surface area contributed by atoms with Gasteiger partial charge in [0.2, 0.25) is 0 Å². The van der Waals surface area contributed by atoms with Crippen LogP contribution in [-0.2, 0) is 6.42 Å². The molecule has 2 nitrogen and oxygen atoms in total. The van der Waals surface area contributed by atoms with Crippen LogP contribution in [0, 0.1) is 0 Å². The zero-order valence-corrected chi connectivity index (χ0v) is 11.5. The number of hydrogen-bond acceptors (Lipinski definition) is 1. The van der Waals surface area contributed by atoms with Gasteiger partial charge in [0.1, 0.15) is 5.75 Å². The van der Waals surface area contributed by atoms with Crippen molar-refractivity contribution in [3.63, 3.8) is 0 Å². The summed E-state index contributed by atoms with van der Waals surface area (Å²) in [5.41, 5.74) is 3.65. The van der Waals surface area contributed by atoms with Gasteiger partial charge in [-0.2, -0.15) is 0 Å². The van der Waals surface area contributed by atoms with Crippen LogP contribution in [0.25, 0.3) is 17.0 Å². The van der Waals surface area contributed by atoms with E-state index in [0.717, 1.165) is 17.7 Å². The van der Waals surface area contributed by atoms with Crippen LogP contribution >= 0.6 is 0 Å². The summed E-state index contributed by atoms with van der Waals surface area (Å²) in [6.45, 7) is 0. The van der Waals surface area contributed by atoms with Gasteiger partial charge in [-0.1, -0.05) is 42.5 Å². The number of benzene rings is 2. The molecule has 0 spiro atoms. The lowest BCUT2D eigenvalue weighted by molar-refractivity contribution is 0.415. The standard InChI is InChI=1S/C18H17NO/c1-20-16-10-11-17-15(13-19-18(17)12-16)9-5-8-14-6-3-2-4-7-14/h2-8,10-13,19H,9H2,1H3/b8-5+. The molecule has 0 aliphatic rings. The normalized spacial score (nSPS) is 11.2. The van der Waals surface area contributed by atoms with Crippen LogP contribution in [0.15, 0.2) is 60.8 Å². The van der Waals surface area contributed by atoms with E-state index < -0.39 is 0 Å². The van der Waals surface area contributed by atoms with Gasteiger partial charge >= 0.3 is 0 Å². The fourth-order valence-corrected chi connectivity index (χ4v) is 2.35. The number of aromatic nitrogens is 1. The maximum atomic E-state index is 5.24. The topological polar surface area (TPSA) is 25.0 Å². The molecule has 0 radical (unpaired) electrons. The van der Waals surface area contributed by atoms with Gasteiger partial charge in [-0.25, -0.2) is 0 Å². The first-order valence-corrected chi connectivity index (χ1v) is 6.72. The lowest BCUT2D eigenvalue weighted by Crippen LogP contribution is -1.82. The zero-order chi connectivity index (χ0) is 13.8. The van der Waals surface area contributed by atoms with Crippen LogP contribution < -0.4 is 4.74 Å². The molecule has 1 aromatic heterocycles. The van der Waals surface area contributed by atoms with E-state index in [1.165, 1.54) is 16.5 Å². The van der Waals surface area contributed by atoms with Gasteiger partial charge in [0, 0.05) is 23.2 Å². The Hall–Kier alpha value is -2.48. The van der Waals surface area contributed by atoms with Crippen LogP contribution in [0.5, 0.6) is 5.75 Å². The second-order valence-electron chi connectivity index (χ2n) is 4.74. The number of nitrogens with one attached hydrogen (secondary N) is 1. The van der Waals surface area contributed by atoms with Crippen molar-refractivity contribution in [1.82, 2.24) is 4.98 Å². The van der Waals surface area contributed by atoms with Gasteiger partial charge < -0.3 is 9.72 Å². The van der Waals surface area contributed by atoms with Gasteiger partial charge in [-0.05, 0) is 29.7 Å². The monoisotopic (exact) mass is 263 g/mol. The molecule has 0 bridgehead atoms. The van der Waals surface area contributed by atoms with E-state index in [9.17, 15) is 0 Å². The first-order valence-electron chi connectivity index (χ1n) is 6.72. The maximum Gasteiger partial charge on any atom is 0.120 e. The predicted octanol–water partition coefficient (Wildman–Crippen LogP) is 4.43. The molecule has 100 valence electrons. The van der Waals surface area contributed by atoms with Gasteiger partial charge in [0.05, 0.1) is 7.11 Å². The summed E-state index contributed by atoms with van der Waals surface area (Å²) >= 11 is 0. The number of rotatable bonds is 4. The summed E-state index contributed by atoms with van der Waals surface area (Å²) in [5.74, 6) is 0.880. The molecule has 3 aromatic rings. The van der Waals surface area contributed by atoms with Gasteiger partial charge in [0.15, 0.2) is 0 Å². The van der Waals surface area contributed by atoms with Crippen molar-refractivity contribution in [3.8, 4) is 5.75 Å². The van der Waals surface area contributed by atoms with Gasteiger partial charge in [-0.15, -0.1) is 0 Å². The van der Waals surface area contributed by atoms with E-state index in [0.29, 0.717) is 0 Å². The van der Waals surface area contributed by atoms with Crippen LogP contribution in [-0.4, -0.2) is 12.1 Å². The highest BCUT2D eigenvalue weighted by Crippen LogP contribution is 2.23. The highest BCUT2D eigenvalue weighted by molar-refractivity contribution is 5.84. The Morgan fingerprint density at radius 3 is 2.75 bits per heavy atom. The Bertz CT molecular complexity index is 726. The van der Waals surface area contributed by atoms with E-state index in [1.54, 1.807) is 7.11 Å². The third-order valence-corrected chi connectivity index (χ3v) is 3.42. The van der Waals surface area contributed by atoms with E-state index in [-0.39, 0.29) is 0 Å². The number of hydrogen-bond donors (Lipinski definition) is 1. The molecule has 0 saturated heterocycles. The highest BCUT2D eigenvalue weighted by Gasteiger charge is 2.03. The summed E-state index contributed by atoms with van der Waals surface area (Å²) in [4.78, 5) is 3.30. The lowest BCUT2D eigenvalue weighted by Gasteiger charge is -1.99. The molecular formula is C18H17NO. The molecule has 20 heavy (non-hydrogen) atoms. The fraction of sp³-hybridized carbons (Fsp3) is 0.111. The molecule has 0 aliphatic carbocycles. The second kappa shape index (κ2) is 5.66. The molecule has 0 saturated carbocycles. The van der Waals surface area contributed by atoms with Gasteiger partial charge in [0.25, 0.3) is 0 Å². The van der Waals surface area contributed by atoms with E-state index in [2.05, 4.69) is 53.7 Å². The number of fused-ring (bicyclic) bond motifs is 1. The van der Waals surface area contributed by atoms with Gasteiger partial charge in [-0.3, -0.25) is 0 Å². The quantitative estimate of drug-likeness (QED) is 0.740. The summed E-state index contributed by atoms with van der Waals surface area (Å²) in [5, 5.41) is 1.25. The Morgan fingerprint density at radius 1 is 1.10 bits per heavy atom. The molecule has 0 unspecified atom stereocenters. The average Bonchev–Trinajstić information content (AvgIpc) is 2.91. The smallest absolute Gasteiger partial charge is 0.120 e. The molecular weight excluding hydrogens is 246 g/mol. The van der Waals surface area contributed by atoms with E-state index in [1.807, 2.05) is 18.2 Å². The first-order chi connectivity index (χ1) is 9.86. The fourth-order valence-electron chi connectivity index (χ4n) is 2.35. The Kier molecular flexibility index (Phi) is 3.55.